The molecule has 2 unspecified atom stereocenters. The predicted octanol–water partition coefficient (Wildman–Crippen LogP) is 0.578. The van der Waals surface area contributed by atoms with Gasteiger partial charge < -0.3 is 10.6 Å². The van der Waals surface area contributed by atoms with Crippen molar-refractivity contribution in [1.82, 2.24) is 25.4 Å². The van der Waals surface area contributed by atoms with E-state index in [0.717, 1.165) is 24.9 Å². The van der Waals surface area contributed by atoms with Crippen LogP contribution in [-0.4, -0.2) is 44.0 Å². The van der Waals surface area contributed by atoms with Crippen molar-refractivity contribution in [3.8, 4) is 11.4 Å². The number of aromatic nitrogens is 5. The largest absolute Gasteiger partial charge is 0.335 e. The number of piperidine rings is 1. The van der Waals surface area contributed by atoms with Gasteiger partial charge in [-0.15, -0.1) is 5.10 Å². The number of hydrogen-bond acceptors (Lipinski definition) is 6. The lowest BCUT2D eigenvalue weighted by Gasteiger charge is -2.36. The molecule has 19 heavy (non-hydrogen) atoms. The van der Waals surface area contributed by atoms with Crippen molar-refractivity contribution in [2.45, 2.75) is 31.8 Å². The molecule has 0 aliphatic carbocycles. The summed E-state index contributed by atoms with van der Waals surface area (Å²) < 4.78 is 0. The Labute approximate surface area is 111 Å². The summed E-state index contributed by atoms with van der Waals surface area (Å²) in [6, 6.07) is 2.29. The molecule has 3 rings (SSSR count). The standard InChI is InChI=1S/C12H17N7/c1-8-10(13)3-2-6-19(8)12-16-11(17-18-12)9-4-5-14-15-7-9/h4-5,7-8,10H,2-3,6,13H2,1H3,(H,16,17,18). The molecule has 3 N–H and O–H groups in total. The quantitative estimate of drug-likeness (QED) is 0.818. The normalized spacial score (nSPS) is 23.6. The summed E-state index contributed by atoms with van der Waals surface area (Å²) in [5.74, 6) is 1.41. The van der Waals surface area contributed by atoms with Gasteiger partial charge in [-0.1, -0.05) is 0 Å². The van der Waals surface area contributed by atoms with Crippen LogP contribution in [0.2, 0.25) is 0 Å². The summed E-state index contributed by atoms with van der Waals surface area (Å²) in [5, 5.41) is 14.8. The molecule has 2 atom stereocenters. The van der Waals surface area contributed by atoms with E-state index in [0.29, 0.717) is 11.8 Å². The first kappa shape index (κ1) is 12.0. The second-order valence-electron chi connectivity index (χ2n) is 4.86. The van der Waals surface area contributed by atoms with Crippen LogP contribution in [0.25, 0.3) is 11.4 Å². The maximum Gasteiger partial charge on any atom is 0.245 e. The summed E-state index contributed by atoms with van der Waals surface area (Å²) in [5.41, 5.74) is 6.98. The smallest absolute Gasteiger partial charge is 0.245 e. The lowest BCUT2D eigenvalue weighted by molar-refractivity contribution is 0.416. The zero-order valence-electron chi connectivity index (χ0n) is 10.8. The average Bonchev–Trinajstić information content (AvgIpc) is 2.92. The fourth-order valence-corrected chi connectivity index (χ4v) is 2.40. The summed E-state index contributed by atoms with van der Waals surface area (Å²) >= 11 is 0. The summed E-state index contributed by atoms with van der Waals surface area (Å²) in [6.45, 7) is 3.06. The lowest BCUT2D eigenvalue weighted by Crippen LogP contribution is -2.50. The van der Waals surface area contributed by atoms with Crippen molar-refractivity contribution in [2.75, 3.05) is 11.4 Å². The third kappa shape index (κ3) is 2.28. The Morgan fingerprint density at radius 1 is 1.42 bits per heavy atom. The average molecular weight is 259 g/mol. The minimum Gasteiger partial charge on any atom is -0.335 e. The van der Waals surface area contributed by atoms with E-state index >= 15 is 0 Å². The van der Waals surface area contributed by atoms with E-state index in [9.17, 15) is 0 Å². The molecule has 1 saturated heterocycles. The molecule has 1 aliphatic rings. The Hall–Kier alpha value is -2.02. The fourth-order valence-electron chi connectivity index (χ4n) is 2.40. The number of anilines is 1. The van der Waals surface area contributed by atoms with Crippen LogP contribution >= 0.6 is 0 Å². The Balaban J connectivity index is 1.85. The van der Waals surface area contributed by atoms with E-state index in [2.05, 4.69) is 37.2 Å². The van der Waals surface area contributed by atoms with Gasteiger partial charge in [-0.25, -0.2) is 0 Å². The van der Waals surface area contributed by atoms with Gasteiger partial charge in [0.1, 0.15) is 0 Å². The van der Waals surface area contributed by atoms with Crippen LogP contribution < -0.4 is 10.6 Å². The first-order valence-corrected chi connectivity index (χ1v) is 6.47. The minimum atomic E-state index is 0.179. The highest BCUT2D eigenvalue weighted by Gasteiger charge is 2.27. The molecule has 3 heterocycles. The lowest BCUT2D eigenvalue weighted by atomic mass is 9.99. The molecule has 1 aliphatic heterocycles. The maximum atomic E-state index is 6.10. The van der Waals surface area contributed by atoms with Crippen LogP contribution in [0.4, 0.5) is 5.95 Å². The number of H-pyrrole nitrogens is 1. The van der Waals surface area contributed by atoms with Crippen molar-refractivity contribution in [3.63, 3.8) is 0 Å². The maximum absolute atomic E-state index is 6.10. The topological polar surface area (TPSA) is 96.6 Å². The zero-order chi connectivity index (χ0) is 13.2. The summed E-state index contributed by atoms with van der Waals surface area (Å²) in [4.78, 5) is 6.68. The van der Waals surface area contributed by atoms with Crippen LogP contribution in [0.1, 0.15) is 19.8 Å². The Morgan fingerprint density at radius 2 is 2.32 bits per heavy atom. The Bertz CT molecular complexity index is 538. The van der Waals surface area contributed by atoms with Crippen molar-refractivity contribution in [3.05, 3.63) is 18.5 Å². The number of nitrogens with zero attached hydrogens (tertiary/aromatic N) is 5. The molecule has 0 saturated carbocycles. The van der Waals surface area contributed by atoms with E-state index in [-0.39, 0.29) is 12.1 Å². The third-order valence-corrected chi connectivity index (χ3v) is 3.64. The SMILES string of the molecule is CC1C(N)CCCN1c1n[nH]c(-c2ccnnc2)n1. The molecule has 1 fully saturated rings. The van der Waals surface area contributed by atoms with Crippen LogP contribution in [0.3, 0.4) is 0 Å². The molecular formula is C12H17N7. The van der Waals surface area contributed by atoms with E-state index in [1.54, 1.807) is 12.4 Å². The van der Waals surface area contributed by atoms with Gasteiger partial charge in [0.15, 0.2) is 5.82 Å². The molecule has 2 aromatic rings. The number of nitrogens with one attached hydrogen (secondary N) is 1. The van der Waals surface area contributed by atoms with Gasteiger partial charge in [0.2, 0.25) is 5.95 Å². The van der Waals surface area contributed by atoms with Gasteiger partial charge in [-0.3, -0.25) is 5.10 Å². The molecule has 0 amide bonds. The van der Waals surface area contributed by atoms with Crippen LogP contribution in [0.15, 0.2) is 18.5 Å². The van der Waals surface area contributed by atoms with E-state index < -0.39 is 0 Å². The molecular weight excluding hydrogens is 242 g/mol. The monoisotopic (exact) mass is 259 g/mol. The first-order valence-electron chi connectivity index (χ1n) is 6.47. The van der Waals surface area contributed by atoms with E-state index in [1.165, 1.54) is 0 Å². The molecule has 2 aromatic heterocycles. The number of nitrogens with two attached hydrogens (primary N) is 1. The molecule has 0 aromatic carbocycles. The highest BCUT2D eigenvalue weighted by molar-refractivity contribution is 5.54. The van der Waals surface area contributed by atoms with Gasteiger partial charge in [-0.05, 0) is 25.8 Å². The summed E-state index contributed by atoms with van der Waals surface area (Å²) in [7, 11) is 0. The van der Waals surface area contributed by atoms with E-state index in [4.69, 9.17) is 5.73 Å². The highest BCUT2D eigenvalue weighted by atomic mass is 15.4. The molecule has 7 heteroatoms. The van der Waals surface area contributed by atoms with Crippen LogP contribution in [0.5, 0.6) is 0 Å². The first-order chi connectivity index (χ1) is 9.25. The molecule has 0 bridgehead atoms. The van der Waals surface area contributed by atoms with Crippen molar-refractivity contribution >= 4 is 5.95 Å². The predicted molar refractivity (Wildman–Crippen MR) is 71.4 cm³/mol. The second kappa shape index (κ2) is 4.93. The molecule has 0 spiro atoms. The van der Waals surface area contributed by atoms with Crippen molar-refractivity contribution in [1.29, 1.82) is 0 Å². The molecule has 7 nitrogen and oxygen atoms in total. The van der Waals surface area contributed by atoms with Crippen molar-refractivity contribution < 1.29 is 0 Å². The minimum absolute atomic E-state index is 0.179. The Morgan fingerprint density at radius 3 is 3.11 bits per heavy atom. The van der Waals surface area contributed by atoms with Gasteiger partial charge in [0, 0.05) is 24.2 Å². The van der Waals surface area contributed by atoms with Crippen LogP contribution in [0, 0.1) is 0 Å². The molecule has 0 radical (unpaired) electrons. The van der Waals surface area contributed by atoms with Crippen LogP contribution in [-0.2, 0) is 0 Å². The fraction of sp³-hybridized carbons (Fsp3) is 0.500. The molecule has 100 valence electrons. The van der Waals surface area contributed by atoms with Gasteiger partial charge in [-0.2, -0.15) is 15.2 Å². The van der Waals surface area contributed by atoms with Gasteiger partial charge >= 0.3 is 0 Å². The van der Waals surface area contributed by atoms with Gasteiger partial charge in [0.25, 0.3) is 0 Å². The van der Waals surface area contributed by atoms with E-state index in [1.807, 2.05) is 6.07 Å². The second-order valence-corrected chi connectivity index (χ2v) is 4.86. The number of hydrogen-bond donors (Lipinski definition) is 2. The third-order valence-electron chi connectivity index (χ3n) is 3.64. The van der Waals surface area contributed by atoms with Crippen molar-refractivity contribution in [2.24, 2.45) is 5.73 Å². The van der Waals surface area contributed by atoms with Gasteiger partial charge in [0.05, 0.1) is 12.4 Å². The highest BCUT2D eigenvalue weighted by Crippen LogP contribution is 2.22. The Kier molecular flexibility index (Phi) is 3.12. The summed E-state index contributed by atoms with van der Waals surface area (Å²) in [6.07, 6.45) is 5.43. The number of rotatable bonds is 2. The number of aromatic amines is 1. The zero-order valence-corrected chi connectivity index (χ0v) is 10.8.